The van der Waals surface area contributed by atoms with Gasteiger partial charge in [-0.2, -0.15) is 0 Å². The number of hydrogen-bond acceptors (Lipinski definition) is 12. The minimum absolute atomic E-state index is 0.0758. The van der Waals surface area contributed by atoms with Crippen LogP contribution in [-0.2, 0) is 0 Å². The molecule has 16 heteroatoms. The molecule has 2 aliphatic rings. The quantitative estimate of drug-likeness (QED) is 0.0159. The molecule has 0 fully saturated rings. The lowest BCUT2D eigenvalue weighted by Crippen LogP contribution is -2.42. The first kappa shape index (κ1) is 108. The number of imide groups is 2. The van der Waals surface area contributed by atoms with E-state index in [-0.39, 0.29) is 38.0 Å². The molecule has 7 aromatic rings. The van der Waals surface area contributed by atoms with E-state index in [4.69, 9.17) is 28.4 Å². The normalized spacial score (nSPS) is 12.6. The third-order valence-electron chi connectivity index (χ3n) is 27.6. The van der Waals surface area contributed by atoms with Crippen LogP contribution < -0.4 is 39.1 Å². The van der Waals surface area contributed by atoms with E-state index in [2.05, 4.69) is 52.2 Å². The number of benzene rings is 7. The molecular weight excluding hydrogens is 1640 g/mol. The Kier molecular flexibility index (Phi) is 52.7. The maximum Gasteiger partial charge on any atom is 0.261 e. The van der Waals surface area contributed by atoms with Crippen LogP contribution in [0.3, 0.4) is 0 Å². The van der Waals surface area contributed by atoms with Crippen molar-refractivity contribution >= 4 is 78.5 Å². The number of ether oxygens (including phenoxy) is 6. The maximum absolute atomic E-state index is 14.9. The summed E-state index contributed by atoms with van der Waals surface area (Å²) in [5, 5.41) is 12.1. The highest BCUT2D eigenvalue weighted by molar-refractivity contribution is 6.41. The lowest BCUT2D eigenvalue weighted by Gasteiger charge is -2.30. The Labute approximate surface area is 797 Å². The van der Waals surface area contributed by atoms with Crippen LogP contribution in [0.5, 0.6) is 34.5 Å². The molecule has 9 rings (SSSR count). The second-order valence-corrected chi connectivity index (χ2v) is 38.7. The zero-order valence-electron chi connectivity index (χ0n) is 83.6. The molecule has 2 aliphatic heterocycles. The number of nitrogens with one attached hydrogen (secondary N) is 2. The molecule has 6 amide bonds. The average Bonchev–Trinajstić information content (AvgIpc) is 0.689. The fourth-order valence-electron chi connectivity index (χ4n) is 19.6. The van der Waals surface area contributed by atoms with Crippen molar-refractivity contribution in [1.82, 2.24) is 20.4 Å². The van der Waals surface area contributed by atoms with Crippen molar-refractivity contribution in [3.63, 3.8) is 0 Å². The number of fused-ring (bicyclic) bond motifs is 2. The van der Waals surface area contributed by atoms with Gasteiger partial charge in [0, 0.05) is 70.3 Å². The van der Waals surface area contributed by atoms with E-state index >= 15 is 0 Å². The van der Waals surface area contributed by atoms with Gasteiger partial charge in [0.1, 0.15) is 0 Å². The van der Waals surface area contributed by atoms with E-state index in [1.807, 2.05) is 24.3 Å². The second-order valence-electron chi connectivity index (χ2n) is 38.7. The van der Waals surface area contributed by atoms with Gasteiger partial charge in [0.05, 0.1) is 39.6 Å². The number of carbonyl (C=O) groups is 6. The van der Waals surface area contributed by atoms with E-state index < -0.39 is 23.6 Å². The van der Waals surface area contributed by atoms with E-state index in [1.165, 1.54) is 292 Å². The van der Waals surface area contributed by atoms with Crippen molar-refractivity contribution in [2.24, 2.45) is 0 Å². The van der Waals surface area contributed by atoms with E-state index in [1.54, 1.807) is 48.5 Å². The number of carbonyl (C=O) groups excluding carboxylic acids is 6. The van der Waals surface area contributed by atoms with E-state index in [0.717, 1.165) is 135 Å². The van der Waals surface area contributed by atoms with Crippen LogP contribution in [-0.4, -0.2) is 111 Å². The first-order valence-electron chi connectivity index (χ1n) is 54.6. The van der Waals surface area contributed by atoms with Crippen LogP contribution in [0.15, 0.2) is 72.8 Å². The van der Waals surface area contributed by atoms with Gasteiger partial charge in [-0.15, -0.1) is 0 Å². The van der Waals surface area contributed by atoms with Gasteiger partial charge in [0.15, 0.2) is 23.0 Å². The first-order valence-corrected chi connectivity index (χ1v) is 54.6. The molecule has 0 spiro atoms. The lowest BCUT2D eigenvalue weighted by atomic mass is 9.82. The van der Waals surface area contributed by atoms with Gasteiger partial charge in [0.25, 0.3) is 35.4 Å². The molecule has 16 nitrogen and oxygen atoms in total. The molecule has 0 unspecified atom stereocenters. The Morgan fingerprint density at radius 1 is 0.227 bits per heavy atom. The molecule has 732 valence electrons. The van der Waals surface area contributed by atoms with E-state index in [0.29, 0.717) is 131 Å². The largest absolute Gasteiger partial charge is 0.490 e. The maximum atomic E-state index is 14.9. The van der Waals surface area contributed by atoms with Gasteiger partial charge in [-0.1, -0.05) is 413 Å². The van der Waals surface area contributed by atoms with Gasteiger partial charge in [-0.05, 0) is 132 Å². The molecule has 132 heavy (non-hydrogen) atoms. The Balaban J connectivity index is 0.849. The summed E-state index contributed by atoms with van der Waals surface area (Å²) in [7, 11) is 0. The first-order chi connectivity index (χ1) is 65.0. The summed E-state index contributed by atoms with van der Waals surface area (Å²) in [5.41, 5.74) is 2.43. The molecular formula is C116H176N4O12. The highest BCUT2D eigenvalue weighted by Gasteiger charge is 2.38. The van der Waals surface area contributed by atoms with Crippen LogP contribution in [0.1, 0.15) is 502 Å². The monoisotopic (exact) mass is 1820 g/mol. The van der Waals surface area contributed by atoms with Gasteiger partial charge in [-0.3, -0.25) is 38.6 Å². The lowest BCUT2D eigenvalue weighted by molar-refractivity contribution is 0.0593. The average molecular weight is 1820 g/mol. The van der Waals surface area contributed by atoms with Crippen LogP contribution in [0, 0.1) is 0 Å². The van der Waals surface area contributed by atoms with Crippen LogP contribution in [0.25, 0.3) is 43.1 Å². The van der Waals surface area contributed by atoms with Crippen LogP contribution in [0.4, 0.5) is 0 Å². The summed E-state index contributed by atoms with van der Waals surface area (Å²) in [6.45, 7) is 17.2. The Morgan fingerprint density at radius 2 is 0.409 bits per heavy atom. The minimum atomic E-state index is -0.410. The number of unbranched alkanes of at least 4 members (excludes halogenated alkanes) is 54. The molecule has 0 aromatic heterocycles. The summed E-state index contributed by atoms with van der Waals surface area (Å²) in [4.78, 5) is 91.1. The Morgan fingerprint density at radius 3 is 0.606 bits per heavy atom. The Hall–Kier alpha value is -8.14. The van der Waals surface area contributed by atoms with Crippen molar-refractivity contribution in [2.75, 3.05) is 65.8 Å². The highest BCUT2D eigenvalue weighted by Crippen LogP contribution is 2.48. The third-order valence-corrected chi connectivity index (χ3v) is 27.6. The van der Waals surface area contributed by atoms with Gasteiger partial charge in [0.2, 0.25) is 11.5 Å². The second kappa shape index (κ2) is 64.7. The standard InChI is InChI=1S/C116H176N4O12/c1-7-13-19-25-31-37-43-49-55-61-81-127-101-87-91(88-102(128-82-62-56-50-44-38-32-26-20-14-8-2)109(101)131-85-65-59-53-47-41-35-29-23-17-11-5)111(121)117-77-67-79-119-113(123)97-73-69-93-95-71-75-99-108-100(76-72-96(106(95)108)94-70-74-98(114(119)124)107(97)105(93)94)116(126)120(115(99)125)80-68-78-118-112(122)92-89-103(129-83-63-57-51-45-39-33-27-21-15-9-3)110(132-86-66-60-54-48-42-36-30-24-18-12-6)104(90-92)130-84-64-58-52-46-40-34-28-22-16-10-4/h69-76,87-90H,7-68,77-86H2,1-6H3,(H,117,121)(H,118,122). The predicted octanol–water partition coefficient (Wildman–Crippen LogP) is 32.4. The number of hydrogen-bond donors (Lipinski definition) is 2. The van der Waals surface area contributed by atoms with Crippen molar-refractivity contribution in [2.45, 2.75) is 440 Å². The fraction of sp³-hybridized carbons (Fsp3) is 0.672. The van der Waals surface area contributed by atoms with Gasteiger partial charge >= 0.3 is 0 Å². The van der Waals surface area contributed by atoms with Crippen molar-refractivity contribution < 1.29 is 57.2 Å². The molecule has 0 saturated heterocycles. The number of rotatable bonds is 82. The topological polar surface area (TPSA) is 188 Å². The summed E-state index contributed by atoms with van der Waals surface area (Å²) in [6, 6.07) is 22.1. The van der Waals surface area contributed by atoms with Gasteiger partial charge in [-0.25, -0.2) is 0 Å². The van der Waals surface area contributed by atoms with Crippen LogP contribution >= 0.6 is 0 Å². The SMILES string of the molecule is CCCCCCCCCCCCOc1cc(C(=O)NCCCN2C(=O)c3ccc4c5ccc6c7c(ccc(c8ccc(c3c48)C2=O)c75)C(=O)N(CCCNC(=O)c2cc(OCCCCCCCCCCCC)c(OCCCCCCCCCCCC)c(OCCCCCCCCCCCC)c2)C6=O)cc(OCCCCCCCCCCCC)c1OCCCCCCCCCCCC. The molecule has 2 heterocycles. The fourth-order valence-corrected chi connectivity index (χ4v) is 19.6. The summed E-state index contributed by atoms with van der Waals surface area (Å²) >= 11 is 0. The third kappa shape index (κ3) is 35.5. The zero-order chi connectivity index (χ0) is 93.2. The van der Waals surface area contributed by atoms with Crippen molar-refractivity contribution in [1.29, 1.82) is 0 Å². The predicted molar refractivity (Wildman–Crippen MR) is 549 cm³/mol. The summed E-state index contributed by atoms with van der Waals surface area (Å²) < 4.78 is 39.9. The van der Waals surface area contributed by atoms with Crippen LogP contribution in [0.2, 0.25) is 0 Å². The number of amides is 6. The molecule has 0 atom stereocenters. The molecule has 2 N–H and O–H groups in total. The van der Waals surface area contributed by atoms with Gasteiger partial charge < -0.3 is 39.1 Å². The number of nitrogens with zero attached hydrogens (tertiary/aromatic N) is 2. The summed E-state index contributed by atoms with van der Waals surface area (Å²) in [5.74, 6) is 0.925. The highest BCUT2D eigenvalue weighted by atomic mass is 16.5. The zero-order valence-corrected chi connectivity index (χ0v) is 83.6. The molecule has 0 radical (unpaired) electrons. The van der Waals surface area contributed by atoms with E-state index in [9.17, 15) is 28.8 Å². The summed E-state index contributed by atoms with van der Waals surface area (Å²) in [6.07, 6.45) is 73.5. The smallest absolute Gasteiger partial charge is 0.261 e. The minimum Gasteiger partial charge on any atom is -0.490 e. The molecule has 7 aromatic carbocycles. The molecule has 0 saturated carbocycles. The van der Waals surface area contributed by atoms with Crippen molar-refractivity contribution in [3.8, 4) is 34.5 Å². The Bertz CT molecular complexity index is 3980. The molecule has 0 aliphatic carbocycles. The molecule has 0 bridgehead atoms. The van der Waals surface area contributed by atoms with Crippen molar-refractivity contribution in [3.05, 3.63) is 106 Å².